The fraction of sp³-hybridized carbons (Fsp3) is 0.222. The molecule has 0 aliphatic carbocycles. The lowest BCUT2D eigenvalue weighted by Gasteiger charge is -2.26. The van der Waals surface area contributed by atoms with E-state index in [4.69, 9.17) is 17.0 Å². The predicted octanol–water partition coefficient (Wildman–Crippen LogP) is 5.67. The third-order valence-electron chi connectivity index (χ3n) is 5.84. The third kappa shape index (κ3) is 5.34. The Morgan fingerprint density at radius 1 is 1.00 bits per heavy atom. The van der Waals surface area contributed by atoms with E-state index in [2.05, 4.69) is 4.72 Å². The van der Waals surface area contributed by atoms with E-state index in [1.54, 1.807) is 18.2 Å². The Hall–Kier alpha value is -3.49. The largest absolute Gasteiger partial charge is 0.299 e. The first kappa shape index (κ1) is 25.6. The van der Waals surface area contributed by atoms with Gasteiger partial charge in [-0.25, -0.2) is 8.42 Å². The average Bonchev–Trinajstić information content (AvgIpc) is 2.89. The van der Waals surface area contributed by atoms with Crippen molar-refractivity contribution in [3.63, 3.8) is 0 Å². The molecule has 9 heteroatoms. The third-order valence-corrected chi connectivity index (χ3v) is 6.85. The van der Waals surface area contributed by atoms with Crippen LogP contribution in [0.15, 0.2) is 60.8 Å². The molecule has 1 aliphatic rings. The Kier molecular flexibility index (Phi) is 6.53. The molecule has 0 spiro atoms. The summed E-state index contributed by atoms with van der Waals surface area (Å²) < 4.78 is 25.6. The molecule has 1 aliphatic heterocycles. The van der Waals surface area contributed by atoms with Gasteiger partial charge in [0.25, 0.3) is 5.91 Å². The second kappa shape index (κ2) is 9.19. The number of ketones is 1. The molecule has 0 aromatic heterocycles. The van der Waals surface area contributed by atoms with Crippen molar-refractivity contribution in [3.05, 3.63) is 71.4 Å². The molecule has 2 N–H and O–H groups in total. The van der Waals surface area contributed by atoms with Crippen molar-refractivity contribution >= 4 is 61.2 Å². The van der Waals surface area contributed by atoms with Gasteiger partial charge in [-0.1, -0.05) is 50.6 Å². The molecular weight excluding hydrogens is 498 g/mol. The monoisotopic (exact) mass is 523 g/mol. The molecule has 0 unspecified atom stereocenters. The summed E-state index contributed by atoms with van der Waals surface area (Å²) in [6, 6.07) is 14.6. The number of anilines is 2. The van der Waals surface area contributed by atoms with Crippen LogP contribution in [-0.2, 0) is 25.0 Å². The zero-order valence-electron chi connectivity index (χ0n) is 20.3. The van der Waals surface area contributed by atoms with Crippen LogP contribution in [0.5, 0.6) is 0 Å². The number of sulfonamides is 1. The molecule has 36 heavy (non-hydrogen) atoms. The maximum Gasteiger partial charge on any atom is 0.276 e. The number of carbonyl (C=O) groups is 2. The fourth-order valence-corrected chi connectivity index (χ4v) is 5.13. The van der Waals surface area contributed by atoms with Gasteiger partial charge in [-0.2, -0.15) is 0 Å². The molecule has 4 rings (SSSR count). The van der Waals surface area contributed by atoms with Crippen LogP contribution < -0.4 is 9.62 Å². The Labute approximate surface area is 215 Å². The number of fused-ring (bicyclic) bond motifs is 1. The SMILES string of the molecule is CC(C)(C)c1cc(N2C=CC(=O)CC(=N)C2=O)cc(-c2ccc3cc(NS(C)(=O)=O)ccc3c2)c1Cl. The van der Waals surface area contributed by atoms with Crippen LogP contribution in [0.2, 0.25) is 5.02 Å². The summed E-state index contributed by atoms with van der Waals surface area (Å²) in [6.45, 7) is 6.05. The van der Waals surface area contributed by atoms with Crippen molar-refractivity contribution in [2.75, 3.05) is 15.9 Å². The molecule has 1 amide bonds. The van der Waals surface area contributed by atoms with Gasteiger partial charge in [-0.15, -0.1) is 0 Å². The number of rotatable bonds is 4. The Balaban J connectivity index is 1.88. The van der Waals surface area contributed by atoms with Crippen LogP contribution in [-0.4, -0.2) is 32.1 Å². The number of halogens is 1. The average molecular weight is 524 g/mol. The molecule has 1 heterocycles. The molecule has 0 saturated carbocycles. The molecule has 0 atom stereocenters. The fourth-order valence-electron chi connectivity index (χ4n) is 4.08. The highest BCUT2D eigenvalue weighted by molar-refractivity contribution is 7.92. The molecule has 0 saturated heterocycles. The molecule has 3 aromatic carbocycles. The van der Waals surface area contributed by atoms with Crippen molar-refractivity contribution in [2.24, 2.45) is 0 Å². The van der Waals surface area contributed by atoms with Gasteiger partial charge in [0.15, 0.2) is 5.78 Å². The first-order valence-corrected chi connectivity index (χ1v) is 13.5. The normalized spacial score (nSPS) is 14.9. The summed E-state index contributed by atoms with van der Waals surface area (Å²) in [4.78, 5) is 26.2. The zero-order valence-corrected chi connectivity index (χ0v) is 21.9. The molecule has 0 bridgehead atoms. The molecular formula is C27H26ClN3O4S. The van der Waals surface area contributed by atoms with Gasteiger partial charge in [0, 0.05) is 23.1 Å². The summed E-state index contributed by atoms with van der Waals surface area (Å²) in [7, 11) is -3.39. The number of nitrogens with one attached hydrogen (secondary N) is 2. The summed E-state index contributed by atoms with van der Waals surface area (Å²) >= 11 is 6.91. The summed E-state index contributed by atoms with van der Waals surface area (Å²) in [6.07, 6.45) is 3.58. The quantitative estimate of drug-likeness (QED) is 0.459. The number of hydrogen-bond acceptors (Lipinski definition) is 5. The van der Waals surface area contributed by atoms with E-state index >= 15 is 0 Å². The maximum absolute atomic E-state index is 12.9. The van der Waals surface area contributed by atoms with E-state index in [0.29, 0.717) is 22.0 Å². The second-order valence-corrected chi connectivity index (χ2v) is 12.0. The van der Waals surface area contributed by atoms with Crippen LogP contribution in [0.3, 0.4) is 0 Å². The van der Waals surface area contributed by atoms with Crippen molar-refractivity contribution in [1.82, 2.24) is 0 Å². The van der Waals surface area contributed by atoms with Crippen molar-refractivity contribution < 1.29 is 18.0 Å². The molecule has 0 fully saturated rings. The van der Waals surface area contributed by atoms with Gasteiger partial charge in [-0.05, 0) is 63.7 Å². The van der Waals surface area contributed by atoms with Gasteiger partial charge >= 0.3 is 0 Å². The highest BCUT2D eigenvalue weighted by Gasteiger charge is 2.27. The molecule has 186 valence electrons. The smallest absolute Gasteiger partial charge is 0.276 e. The molecule has 0 radical (unpaired) electrons. The number of carbonyl (C=O) groups excluding carboxylic acids is 2. The van der Waals surface area contributed by atoms with Crippen LogP contribution >= 0.6 is 11.6 Å². The van der Waals surface area contributed by atoms with Crippen molar-refractivity contribution in [1.29, 1.82) is 5.41 Å². The van der Waals surface area contributed by atoms with E-state index < -0.39 is 15.9 Å². The molecule has 7 nitrogen and oxygen atoms in total. The predicted molar refractivity (Wildman–Crippen MR) is 146 cm³/mol. The van der Waals surface area contributed by atoms with Crippen LogP contribution in [0.1, 0.15) is 32.8 Å². The zero-order chi connectivity index (χ0) is 26.4. The minimum absolute atomic E-state index is 0.237. The lowest BCUT2D eigenvalue weighted by atomic mass is 9.84. The first-order valence-electron chi connectivity index (χ1n) is 11.2. The lowest BCUT2D eigenvalue weighted by molar-refractivity contribution is -0.115. The first-order chi connectivity index (χ1) is 16.7. The van der Waals surface area contributed by atoms with Crippen LogP contribution in [0.4, 0.5) is 11.4 Å². The second-order valence-electron chi connectivity index (χ2n) is 9.87. The number of allylic oxidation sites excluding steroid dienone is 1. The minimum atomic E-state index is -3.39. The summed E-state index contributed by atoms with van der Waals surface area (Å²) in [5, 5.41) is 10.3. The summed E-state index contributed by atoms with van der Waals surface area (Å²) in [5.41, 5.74) is 2.66. The number of nitrogens with zero attached hydrogens (tertiary/aromatic N) is 1. The maximum atomic E-state index is 12.9. The van der Waals surface area contributed by atoms with Gasteiger partial charge in [-0.3, -0.25) is 24.6 Å². The topological polar surface area (TPSA) is 107 Å². The van der Waals surface area contributed by atoms with E-state index in [9.17, 15) is 18.0 Å². The summed E-state index contributed by atoms with van der Waals surface area (Å²) in [5.74, 6) is -0.866. The van der Waals surface area contributed by atoms with Crippen LogP contribution in [0, 0.1) is 5.41 Å². The minimum Gasteiger partial charge on any atom is -0.299 e. The number of hydrogen-bond donors (Lipinski definition) is 2. The highest BCUT2D eigenvalue weighted by atomic mass is 35.5. The lowest BCUT2D eigenvalue weighted by Crippen LogP contribution is -2.31. The van der Waals surface area contributed by atoms with E-state index in [1.807, 2.05) is 51.1 Å². The standard InChI is InChI=1S/C27H26ClN3O4S/c1-27(2,3)23-14-20(31-10-9-21(32)15-24(29)26(31)33)13-22(25(23)28)18-6-5-17-12-19(30-36(4,34)35)8-7-16(17)11-18/h5-14,29-30H,15H2,1-4H3. The molecule has 3 aromatic rings. The van der Waals surface area contributed by atoms with Gasteiger partial charge in [0.05, 0.1) is 17.7 Å². The van der Waals surface area contributed by atoms with E-state index in [1.165, 1.54) is 17.2 Å². The Bertz CT molecular complexity index is 1570. The van der Waals surface area contributed by atoms with E-state index in [-0.39, 0.29) is 23.3 Å². The van der Waals surface area contributed by atoms with Gasteiger partial charge in [0.1, 0.15) is 5.71 Å². The van der Waals surface area contributed by atoms with Gasteiger partial charge in [0.2, 0.25) is 10.0 Å². The van der Waals surface area contributed by atoms with Crippen molar-refractivity contribution in [3.8, 4) is 11.1 Å². The van der Waals surface area contributed by atoms with E-state index in [0.717, 1.165) is 28.2 Å². The Morgan fingerprint density at radius 2 is 1.67 bits per heavy atom. The van der Waals surface area contributed by atoms with Crippen LogP contribution in [0.25, 0.3) is 21.9 Å². The van der Waals surface area contributed by atoms with Crippen molar-refractivity contribution in [2.45, 2.75) is 32.6 Å². The Morgan fingerprint density at radius 3 is 2.33 bits per heavy atom. The highest BCUT2D eigenvalue weighted by Crippen LogP contribution is 2.41. The van der Waals surface area contributed by atoms with Gasteiger partial charge < -0.3 is 0 Å². The number of benzene rings is 3. The number of amides is 1.